The number of rotatable bonds is 6. The van der Waals surface area contributed by atoms with Gasteiger partial charge in [0, 0.05) is 12.1 Å². The summed E-state index contributed by atoms with van der Waals surface area (Å²) in [6.07, 6.45) is 1.92. The van der Waals surface area contributed by atoms with Crippen molar-refractivity contribution < 1.29 is 9.18 Å². The van der Waals surface area contributed by atoms with Crippen LogP contribution in [0.25, 0.3) is 0 Å². The van der Waals surface area contributed by atoms with Crippen molar-refractivity contribution >= 4 is 17.4 Å². The maximum absolute atomic E-state index is 13.6. The lowest BCUT2D eigenvalue weighted by atomic mass is 10.1. The number of hydrogen-bond donors (Lipinski definition) is 2. The quantitative estimate of drug-likeness (QED) is 0.697. The number of hydrogen-bond acceptors (Lipinski definition) is 3. The van der Waals surface area contributed by atoms with Crippen LogP contribution in [0.4, 0.5) is 15.9 Å². The minimum atomic E-state index is -0.243. The van der Waals surface area contributed by atoms with E-state index in [1.807, 2.05) is 31.2 Å². The predicted octanol–water partition coefficient (Wildman–Crippen LogP) is 4.32. The van der Waals surface area contributed by atoms with Crippen LogP contribution in [-0.4, -0.2) is 10.9 Å². The van der Waals surface area contributed by atoms with E-state index in [0.717, 1.165) is 16.8 Å². The largest absolute Gasteiger partial charge is 0.380 e. The molecule has 1 heterocycles. The van der Waals surface area contributed by atoms with Gasteiger partial charge in [0.2, 0.25) is 5.91 Å². The number of anilines is 2. The summed E-state index contributed by atoms with van der Waals surface area (Å²) in [5.41, 5.74) is 3.42. The third kappa shape index (κ3) is 4.66. The monoisotopic (exact) mass is 349 g/mol. The molecule has 0 atom stereocenters. The van der Waals surface area contributed by atoms with Crippen LogP contribution in [0, 0.1) is 12.7 Å². The Kier molecular flexibility index (Phi) is 5.59. The topological polar surface area (TPSA) is 54.0 Å². The summed E-state index contributed by atoms with van der Waals surface area (Å²) in [6, 6.07) is 17.9. The molecule has 1 aromatic heterocycles. The van der Waals surface area contributed by atoms with Gasteiger partial charge in [-0.3, -0.25) is 4.79 Å². The van der Waals surface area contributed by atoms with Crippen molar-refractivity contribution in [3.05, 3.63) is 89.4 Å². The Bertz CT molecular complexity index is 894. The normalized spacial score (nSPS) is 10.4. The minimum absolute atomic E-state index is 0.112. The Labute approximate surface area is 152 Å². The molecular weight excluding hydrogens is 329 g/mol. The predicted molar refractivity (Wildman–Crippen MR) is 101 cm³/mol. The van der Waals surface area contributed by atoms with Crippen LogP contribution in [-0.2, 0) is 17.8 Å². The van der Waals surface area contributed by atoms with Gasteiger partial charge in [0.05, 0.1) is 18.3 Å². The fraction of sp³-hybridized carbons (Fsp3) is 0.143. The van der Waals surface area contributed by atoms with Gasteiger partial charge in [-0.05, 0) is 36.2 Å². The molecule has 3 aromatic rings. The van der Waals surface area contributed by atoms with E-state index >= 15 is 0 Å². The number of halogens is 1. The highest BCUT2D eigenvalue weighted by atomic mass is 19.1. The van der Waals surface area contributed by atoms with E-state index in [-0.39, 0.29) is 11.7 Å². The van der Waals surface area contributed by atoms with Crippen LogP contribution in [0.3, 0.4) is 0 Å². The van der Waals surface area contributed by atoms with Crippen LogP contribution in [0.5, 0.6) is 0 Å². The summed E-state index contributed by atoms with van der Waals surface area (Å²) in [5, 5.41) is 5.90. The SMILES string of the molecule is Cc1ccccc1CC(=O)Nc1ccc(NCc2ccccc2F)cn1. The van der Waals surface area contributed by atoms with Crippen LogP contribution in [0.2, 0.25) is 0 Å². The Morgan fingerprint density at radius 3 is 2.42 bits per heavy atom. The van der Waals surface area contributed by atoms with Gasteiger partial charge in [-0.25, -0.2) is 9.37 Å². The molecular formula is C21H20FN3O. The molecule has 2 N–H and O–H groups in total. The highest BCUT2D eigenvalue weighted by Gasteiger charge is 2.07. The summed E-state index contributed by atoms with van der Waals surface area (Å²) in [4.78, 5) is 16.4. The zero-order chi connectivity index (χ0) is 18.4. The van der Waals surface area contributed by atoms with E-state index in [2.05, 4.69) is 15.6 Å². The van der Waals surface area contributed by atoms with Gasteiger partial charge >= 0.3 is 0 Å². The van der Waals surface area contributed by atoms with E-state index < -0.39 is 0 Å². The molecule has 0 fully saturated rings. The van der Waals surface area contributed by atoms with E-state index in [9.17, 15) is 9.18 Å². The number of carbonyl (C=O) groups is 1. The van der Waals surface area contributed by atoms with Crippen LogP contribution in [0.15, 0.2) is 66.9 Å². The molecule has 2 aromatic carbocycles. The summed E-state index contributed by atoms with van der Waals surface area (Å²) >= 11 is 0. The number of aromatic nitrogens is 1. The molecule has 26 heavy (non-hydrogen) atoms. The van der Waals surface area contributed by atoms with Crippen molar-refractivity contribution in [3.63, 3.8) is 0 Å². The smallest absolute Gasteiger partial charge is 0.229 e. The Morgan fingerprint density at radius 1 is 1.00 bits per heavy atom. The average molecular weight is 349 g/mol. The molecule has 0 aliphatic heterocycles. The van der Waals surface area contributed by atoms with Gasteiger partial charge in [0.1, 0.15) is 11.6 Å². The van der Waals surface area contributed by atoms with E-state index in [1.165, 1.54) is 6.07 Å². The maximum Gasteiger partial charge on any atom is 0.229 e. The summed E-state index contributed by atoms with van der Waals surface area (Å²) in [7, 11) is 0. The second kappa shape index (κ2) is 8.25. The number of aryl methyl sites for hydroxylation is 1. The standard InChI is InChI=1S/C21H20FN3O/c1-15-6-2-3-7-16(15)12-21(26)25-20-11-10-18(14-24-20)23-13-17-8-4-5-9-19(17)22/h2-11,14,23H,12-13H2,1H3,(H,24,25,26). The Balaban J connectivity index is 1.55. The molecule has 0 aliphatic carbocycles. The number of nitrogens with zero attached hydrogens (tertiary/aromatic N) is 1. The lowest BCUT2D eigenvalue weighted by Crippen LogP contribution is -2.15. The van der Waals surface area contributed by atoms with Crippen molar-refractivity contribution in [2.45, 2.75) is 19.9 Å². The lowest BCUT2D eigenvalue weighted by Gasteiger charge is -2.09. The highest BCUT2D eigenvalue weighted by molar-refractivity contribution is 5.91. The van der Waals surface area contributed by atoms with Crippen molar-refractivity contribution in [1.29, 1.82) is 0 Å². The summed E-state index contributed by atoms with van der Waals surface area (Å²) in [6.45, 7) is 2.35. The van der Waals surface area contributed by atoms with Crippen LogP contribution < -0.4 is 10.6 Å². The molecule has 5 heteroatoms. The Hall–Kier alpha value is -3.21. The Morgan fingerprint density at radius 2 is 1.73 bits per heavy atom. The van der Waals surface area contributed by atoms with Crippen molar-refractivity contribution in [2.75, 3.05) is 10.6 Å². The molecule has 0 spiro atoms. The first-order chi connectivity index (χ1) is 12.6. The molecule has 4 nitrogen and oxygen atoms in total. The minimum Gasteiger partial charge on any atom is -0.380 e. The van der Waals surface area contributed by atoms with Gasteiger partial charge in [-0.15, -0.1) is 0 Å². The average Bonchev–Trinajstić information content (AvgIpc) is 2.64. The fourth-order valence-corrected chi connectivity index (χ4v) is 2.58. The number of amides is 1. The second-order valence-corrected chi connectivity index (χ2v) is 6.03. The zero-order valence-electron chi connectivity index (χ0n) is 14.5. The van der Waals surface area contributed by atoms with Crippen molar-refractivity contribution in [1.82, 2.24) is 4.98 Å². The first-order valence-electron chi connectivity index (χ1n) is 8.39. The molecule has 0 unspecified atom stereocenters. The first-order valence-corrected chi connectivity index (χ1v) is 8.39. The molecule has 0 saturated carbocycles. The van der Waals surface area contributed by atoms with E-state index in [1.54, 1.807) is 36.5 Å². The van der Waals surface area contributed by atoms with Gasteiger partial charge in [-0.2, -0.15) is 0 Å². The number of nitrogens with one attached hydrogen (secondary N) is 2. The molecule has 0 saturated heterocycles. The molecule has 1 amide bonds. The van der Waals surface area contributed by atoms with Gasteiger partial charge < -0.3 is 10.6 Å². The van der Waals surface area contributed by atoms with Crippen molar-refractivity contribution in [2.24, 2.45) is 0 Å². The summed E-state index contributed by atoms with van der Waals surface area (Å²) < 4.78 is 13.6. The molecule has 3 rings (SSSR count). The van der Waals surface area contributed by atoms with Gasteiger partial charge in [0.25, 0.3) is 0 Å². The van der Waals surface area contributed by atoms with Gasteiger partial charge in [-0.1, -0.05) is 42.5 Å². The zero-order valence-corrected chi connectivity index (χ0v) is 14.5. The third-order valence-electron chi connectivity index (χ3n) is 4.08. The maximum atomic E-state index is 13.6. The molecule has 0 bridgehead atoms. The van der Waals surface area contributed by atoms with Crippen LogP contribution >= 0.6 is 0 Å². The van der Waals surface area contributed by atoms with E-state index in [4.69, 9.17) is 0 Å². The number of pyridine rings is 1. The number of carbonyl (C=O) groups excluding carboxylic acids is 1. The molecule has 0 aliphatic rings. The van der Waals surface area contributed by atoms with E-state index in [0.29, 0.717) is 24.3 Å². The number of benzene rings is 2. The van der Waals surface area contributed by atoms with Crippen molar-refractivity contribution in [3.8, 4) is 0 Å². The summed E-state index contributed by atoms with van der Waals surface area (Å²) in [5.74, 6) is 0.131. The highest BCUT2D eigenvalue weighted by Crippen LogP contribution is 2.14. The molecule has 0 radical (unpaired) electrons. The molecule has 132 valence electrons. The first kappa shape index (κ1) is 17.6. The third-order valence-corrected chi connectivity index (χ3v) is 4.08. The lowest BCUT2D eigenvalue weighted by molar-refractivity contribution is -0.115. The second-order valence-electron chi connectivity index (χ2n) is 6.03. The van der Waals surface area contributed by atoms with Gasteiger partial charge in [0.15, 0.2) is 0 Å². The fourth-order valence-electron chi connectivity index (χ4n) is 2.58. The van der Waals surface area contributed by atoms with Crippen LogP contribution in [0.1, 0.15) is 16.7 Å².